The fourth-order valence-electron chi connectivity index (χ4n) is 4.23. The minimum atomic E-state index is -0.472. The summed E-state index contributed by atoms with van der Waals surface area (Å²) in [5.41, 5.74) is 0.911. The van der Waals surface area contributed by atoms with Crippen LogP contribution in [0.1, 0.15) is 43.8 Å². The van der Waals surface area contributed by atoms with Gasteiger partial charge in [-0.15, -0.1) is 0 Å². The van der Waals surface area contributed by atoms with Crippen LogP contribution < -0.4 is 9.47 Å². The molecule has 2 heterocycles. The lowest BCUT2D eigenvalue weighted by Gasteiger charge is -2.41. The van der Waals surface area contributed by atoms with Gasteiger partial charge in [0.25, 0.3) is 0 Å². The fourth-order valence-corrected chi connectivity index (χ4v) is 4.23. The van der Waals surface area contributed by atoms with Crippen LogP contribution in [0.3, 0.4) is 0 Å². The molecule has 0 bridgehead atoms. The molecular formula is C19H28N2O3. The van der Waals surface area contributed by atoms with Crippen molar-refractivity contribution < 1.29 is 14.6 Å². The number of benzene rings is 1. The Labute approximate surface area is 144 Å². The van der Waals surface area contributed by atoms with Gasteiger partial charge in [-0.25, -0.2) is 0 Å². The van der Waals surface area contributed by atoms with Gasteiger partial charge in [0.05, 0.1) is 6.10 Å². The molecule has 3 aliphatic rings. The van der Waals surface area contributed by atoms with E-state index < -0.39 is 6.10 Å². The molecular weight excluding hydrogens is 304 g/mol. The van der Waals surface area contributed by atoms with E-state index in [2.05, 4.69) is 9.80 Å². The van der Waals surface area contributed by atoms with Gasteiger partial charge in [-0.2, -0.15) is 0 Å². The van der Waals surface area contributed by atoms with Gasteiger partial charge in [-0.3, -0.25) is 9.80 Å². The molecule has 2 aliphatic heterocycles. The van der Waals surface area contributed by atoms with Crippen LogP contribution in [-0.2, 0) is 0 Å². The highest BCUT2D eigenvalue weighted by Crippen LogP contribution is 2.34. The number of hydrogen-bond donors (Lipinski definition) is 1. The first-order valence-electron chi connectivity index (χ1n) is 9.33. The van der Waals surface area contributed by atoms with E-state index in [0.29, 0.717) is 6.54 Å². The highest BCUT2D eigenvalue weighted by molar-refractivity contribution is 5.45. The summed E-state index contributed by atoms with van der Waals surface area (Å²) in [4.78, 5) is 5.05. The third kappa shape index (κ3) is 3.53. The second kappa shape index (κ2) is 7.30. The number of hydrogen-bond acceptors (Lipinski definition) is 5. The van der Waals surface area contributed by atoms with Gasteiger partial charge in [0, 0.05) is 38.8 Å². The number of fused-ring (bicyclic) bond motifs is 1. The maximum atomic E-state index is 10.6. The zero-order valence-electron chi connectivity index (χ0n) is 14.3. The summed E-state index contributed by atoms with van der Waals surface area (Å²) in [7, 11) is 0. The molecule has 0 spiro atoms. The summed E-state index contributed by atoms with van der Waals surface area (Å²) in [5.74, 6) is 1.51. The summed E-state index contributed by atoms with van der Waals surface area (Å²) in [5, 5.41) is 10.6. The van der Waals surface area contributed by atoms with Crippen molar-refractivity contribution in [1.82, 2.24) is 9.80 Å². The first kappa shape index (κ1) is 16.2. The van der Waals surface area contributed by atoms with Crippen molar-refractivity contribution in [2.24, 2.45) is 0 Å². The Hall–Kier alpha value is -1.30. The van der Waals surface area contributed by atoms with E-state index in [-0.39, 0.29) is 6.79 Å². The van der Waals surface area contributed by atoms with E-state index in [1.54, 1.807) is 0 Å². The first-order chi connectivity index (χ1) is 11.8. The number of β-amino-alcohol motifs (C(OH)–C–C–N with tert-alkyl or cyclic N) is 1. The molecule has 132 valence electrons. The molecule has 1 aliphatic carbocycles. The molecule has 5 nitrogen and oxygen atoms in total. The van der Waals surface area contributed by atoms with Crippen LogP contribution in [0.15, 0.2) is 18.2 Å². The summed E-state index contributed by atoms with van der Waals surface area (Å²) in [6.45, 7) is 5.35. The Kier molecular flexibility index (Phi) is 4.92. The molecule has 5 heteroatoms. The molecule has 0 radical (unpaired) electrons. The molecule has 0 aromatic heterocycles. The standard InChI is InChI=1S/C19H28N2O3/c22-17(15-6-7-18-19(12-15)24-14-23-18)13-20-8-10-21(11-9-20)16-4-2-1-3-5-16/h6-7,12,16-17,22H,1-5,8-11,13-14H2/t17-/m1/s1. The van der Waals surface area contributed by atoms with Gasteiger partial charge in [-0.1, -0.05) is 25.3 Å². The quantitative estimate of drug-likeness (QED) is 0.917. The second-order valence-electron chi connectivity index (χ2n) is 7.26. The van der Waals surface area contributed by atoms with Crippen LogP contribution in [0.5, 0.6) is 11.5 Å². The maximum Gasteiger partial charge on any atom is 0.231 e. The van der Waals surface area contributed by atoms with Gasteiger partial charge in [-0.05, 0) is 30.5 Å². The van der Waals surface area contributed by atoms with E-state index in [1.165, 1.54) is 32.1 Å². The highest BCUT2D eigenvalue weighted by Gasteiger charge is 2.26. The number of aliphatic hydroxyl groups excluding tert-OH is 1. The van der Waals surface area contributed by atoms with Crippen molar-refractivity contribution in [3.05, 3.63) is 23.8 Å². The van der Waals surface area contributed by atoms with E-state index in [1.807, 2.05) is 18.2 Å². The van der Waals surface area contributed by atoms with Gasteiger partial charge >= 0.3 is 0 Å². The second-order valence-corrected chi connectivity index (χ2v) is 7.26. The Balaban J connectivity index is 1.28. The van der Waals surface area contributed by atoms with Crippen LogP contribution in [0.4, 0.5) is 0 Å². The lowest BCUT2D eigenvalue weighted by molar-refractivity contribution is 0.0474. The van der Waals surface area contributed by atoms with Gasteiger partial charge in [0.15, 0.2) is 11.5 Å². The molecule has 1 saturated heterocycles. The molecule has 24 heavy (non-hydrogen) atoms. The largest absolute Gasteiger partial charge is 0.454 e. The normalized spacial score (nSPS) is 24.2. The fraction of sp³-hybridized carbons (Fsp3) is 0.684. The smallest absolute Gasteiger partial charge is 0.231 e. The Bertz CT molecular complexity index is 552. The van der Waals surface area contributed by atoms with Gasteiger partial charge in [0.1, 0.15) is 0 Å². The van der Waals surface area contributed by atoms with Crippen LogP contribution in [-0.4, -0.2) is 60.5 Å². The highest BCUT2D eigenvalue weighted by atomic mass is 16.7. The molecule has 2 fully saturated rings. The molecule has 0 amide bonds. The topological polar surface area (TPSA) is 45.2 Å². The van der Waals surface area contributed by atoms with Gasteiger partial charge in [0.2, 0.25) is 6.79 Å². The van der Waals surface area contributed by atoms with E-state index in [4.69, 9.17) is 9.47 Å². The molecule has 0 unspecified atom stereocenters. The minimum Gasteiger partial charge on any atom is -0.454 e. The van der Waals surface area contributed by atoms with Crippen molar-refractivity contribution >= 4 is 0 Å². The van der Waals surface area contributed by atoms with Crippen molar-refractivity contribution in [2.45, 2.75) is 44.2 Å². The molecule has 1 saturated carbocycles. The number of ether oxygens (including phenoxy) is 2. The van der Waals surface area contributed by atoms with E-state index in [0.717, 1.165) is 49.3 Å². The third-order valence-corrected chi connectivity index (χ3v) is 5.71. The summed E-state index contributed by atoms with van der Waals surface area (Å²) in [6, 6.07) is 6.54. The van der Waals surface area contributed by atoms with Crippen LogP contribution >= 0.6 is 0 Å². The van der Waals surface area contributed by atoms with Crippen molar-refractivity contribution in [1.29, 1.82) is 0 Å². The van der Waals surface area contributed by atoms with Crippen LogP contribution in [0.2, 0.25) is 0 Å². The summed E-state index contributed by atoms with van der Waals surface area (Å²) >= 11 is 0. The summed E-state index contributed by atoms with van der Waals surface area (Å²) < 4.78 is 10.7. The predicted molar refractivity (Wildman–Crippen MR) is 92.4 cm³/mol. The molecule has 1 aromatic rings. The number of nitrogens with zero attached hydrogens (tertiary/aromatic N) is 2. The monoisotopic (exact) mass is 332 g/mol. The average molecular weight is 332 g/mol. The number of aliphatic hydroxyl groups is 1. The van der Waals surface area contributed by atoms with Crippen molar-refractivity contribution in [2.75, 3.05) is 39.5 Å². The lowest BCUT2D eigenvalue weighted by atomic mass is 9.94. The van der Waals surface area contributed by atoms with Crippen LogP contribution in [0.25, 0.3) is 0 Å². The Morgan fingerprint density at radius 1 is 1.00 bits per heavy atom. The first-order valence-corrected chi connectivity index (χ1v) is 9.33. The Morgan fingerprint density at radius 2 is 1.75 bits per heavy atom. The molecule has 4 rings (SSSR count). The van der Waals surface area contributed by atoms with Crippen molar-refractivity contribution in [3.8, 4) is 11.5 Å². The predicted octanol–water partition coefficient (Wildman–Crippen LogP) is 2.40. The molecule has 1 N–H and O–H groups in total. The number of rotatable bonds is 4. The van der Waals surface area contributed by atoms with Crippen LogP contribution in [0, 0.1) is 0 Å². The third-order valence-electron chi connectivity index (χ3n) is 5.71. The van der Waals surface area contributed by atoms with E-state index in [9.17, 15) is 5.11 Å². The zero-order valence-corrected chi connectivity index (χ0v) is 14.3. The maximum absolute atomic E-state index is 10.6. The molecule has 1 aromatic carbocycles. The van der Waals surface area contributed by atoms with Crippen molar-refractivity contribution in [3.63, 3.8) is 0 Å². The minimum absolute atomic E-state index is 0.276. The SMILES string of the molecule is O[C@H](CN1CCN(C2CCCCC2)CC1)c1ccc2c(c1)OCO2. The zero-order chi connectivity index (χ0) is 16.4. The number of piperazine rings is 1. The molecule has 1 atom stereocenters. The Morgan fingerprint density at radius 3 is 2.54 bits per heavy atom. The lowest BCUT2D eigenvalue weighted by Crippen LogP contribution is -2.51. The van der Waals surface area contributed by atoms with E-state index >= 15 is 0 Å². The average Bonchev–Trinajstić information content (AvgIpc) is 3.11. The summed E-state index contributed by atoms with van der Waals surface area (Å²) in [6.07, 6.45) is 6.49. The van der Waals surface area contributed by atoms with Gasteiger partial charge < -0.3 is 14.6 Å².